The van der Waals surface area contributed by atoms with Crippen LogP contribution in [0.1, 0.15) is 19.3 Å². The van der Waals surface area contributed by atoms with Crippen LogP contribution in [0.25, 0.3) is 0 Å². The number of rotatable bonds is 3. The average Bonchev–Trinajstić information content (AvgIpc) is 2.61. The van der Waals surface area contributed by atoms with E-state index in [1.165, 1.54) is 20.0 Å². The quantitative estimate of drug-likeness (QED) is 0.802. The zero-order valence-electron chi connectivity index (χ0n) is 8.63. The van der Waals surface area contributed by atoms with E-state index in [1.54, 1.807) is 0 Å². The predicted octanol–water partition coefficient (Wildman–Crippen LogP) is 2.87. The molecule has 1 N–H and O–H groups in total. The highest BCUT2D eigenvalue weighted by molar-refractivity contribution is 9.25. The highest BCUT2D eigenvalue weighted by Gasteiger charge is 2.66. The molecule has 2 aliphatic rings. The molecule has 0 bridgehead atoms. The van der Waals surface area contributed by atoms with Gasteiger partial charge < -0.3 is 10.1 Å². The molecule has 0 radical (unpaired) electrons. The Balaban J connectivity index is 1.71. The minimum Gasteiger partial charge on any atom is -0.453 e. The minimum atomic E-state index is -0.329. The van der Waals surface area contributed by atoms with E-state index < -0.39 is 0 Å². The Hall–Kier alpha value is 0.230. The first kappa shape index (κ1) is 11.7. The molecular weight excluding hydrogens is 326 g/mol. The van der Waals surface area contributed by atoms with Crippen LogP contribution in [-0.4, -0.2) is 23.0 Å². The molecule has 0 aliphatic heterocycles. The summed E-state index contributed by atoms with van der Waals surface area (Å²) in [6.07, 6.45) is 3.31. The highest BCUT2D eigenvalue weighted by atomic mass is 79.9. The lowest BCUT2D eigenvalue weighted by Gasteiger charge is -2.15. The van der Waals surface area contributed by atoms with Gasteiger partial charge in [-0.25, -0.2) is 4.79 Å². The Morgan fingerprint density at radius 2 is 2.27 bits per heavy atom. The third-order valence-corrected chi connectivity index (χ3v) is 5.82. The maximum atomic E-state index is 10.9. The van der Waals surface area contributed by atoms with Crippen LogP contribution in [0.5, 0.6) is 0 Å². The van der Waals surface area contributed by atoms with Crippen molar-refractivity contribution in [3.8, 4) is 0 Å². The van der Waals surface area contributed by atoms with Crippen molar-refractivity contribution in [3.05, 3.63) is 0 Å². The molecular formula is C10H15Br2NO2. The Morgan fingerprint density at radius 1 is 1.53 bits per heavy atom. The smallest absolute Gasteiger partial charge is 0.406 e. The topological polar surface area (TPSA) is 38.3 Å². The van der Waals surface area contributed by atoms with Crippen molar-refractivity contribution >= 4 is 38.0 Å². The number of ether oxygens (including phenoxy) is 1. The number of carbonyl (C=O) groups excluding carboxylic acids is 1. The van der Waals surface area contributed by atoms with Crippen LogP contribution in [-0.2, 0) is 4.74 Å². The highest BCUT2D eigenvalue weighted by Crippen LogP contribution is 2.71. The predicted molar refractivity (Wildman–Crippen MR) is 65.3 cm³/mol. The Morgan fingerprint density at radius 3 is 2.80 bits per heavy atom. The summed E-state index contributed by atoms with van der Waals surface area (Å²) in [4.78, 5) is 10.9. The number of methoxy groups -OCH3 is 1. The van der Waals surface area contributed by atoms with Gasteiger partial charge in [-0.2, -0.15) is 0 Å². The summed E-state index contributed by atoms with van der Waals surface area (Å²) in [5.41, 5.74) is 0. The second-order valence-electron chi connectivity index (χ2n) is 4.35. The molecule has 3 nitrogen and oxygen atoms in total. The lowest BCUT2D eigenvalue weighted by atomic mass is 10.00. The molecule has 0 aromatic carbocycles. The number of fused-ring (bicyclic) bond motifs is 1. The SMILES string of the molecule is COC(=O)NCC[C@@H]1CC[C@@H]2[C@H]1C2(Br)Br. The zero-order chi connectivity index (χ0) is 11.1. The normalized spacial score (nSPS) is 35.8. The molecule has 2 rings (SSSR count). The molecule has 0 saturated heterocycles. The summed E-state index contributed by atoms with van der Waals surface area (Å²) in [5.74, 6) is 2.27. The van der Waals surface area contributed by atoms with Crippen LogP contribution >= 0.6 is 31.9 Å². The Kier molecular flexibility index (Phi) is 3.31. The molecule has 0 aromatic heterocycles. The van der Waals surface area contributed by atoms with Gasteiger partial charge in [0.1, 0.15) is 0 Å². The molecule has 1 amide bonds. The molecule has 86 valence electrons. The van der Waals surface area contributed by atoms with Crippen molar-refractivity contribution < 1.29 is 9.53 Å². The summed E-state index contributed by atoms with van der Waals surface area (Å²) in [6.45, 7) is 0.719. The number of alkyl carbamates (subject to hydrolysis) is 1. The molecule has 2 aliphatic carbocycles. The maximum absolute atomic E-state index is 10.9. The first-order valence-electron chi connectivity index (χ1n) is 5.27. The van der Waals surface area contributed by atoms with Gasteiger partial charge in [0.05, 0.1) is 10.3 Å². The third-order valence-electron chi connectivity index (χ3n) is 3.59. The Bertz CT molecular complexity index is 270. The fraction of sp³-hybridized carbons (Fsp3) is 0.900. The first-order valence-corrected chi connectivity index (χ1v) is 6.85. The van der Waals surface area contributed by atoms with Gasteiger partial charge in [0.15, 0.2) is 0 Å². The number of amides is 1. The van der Waals surface area contributed by atoms with E-state index >= 15 is 0 Å². The van der Waals surface area contributed by atoms with Crippen molar-refractivity contribution in [2.45, 2.75) is 22.5 Å². The maximum Gasteiger partial charge on any atom is 0.406 e. The number of alkyl halides is 2. The van der Waals surface area contributed by atoms with E-state index in [-0.39, 0.29) is 9.33 Å². The fourth-order valence-electron chi connectivity index (χ4n) is 2.76. The van der Waals surface area contributed by atoms with E-state index in [9.17, 15) is 4.79 Å². The van der Waals surface area contributed by atoms with Gasteiger partial charge in [-0.1, -0.05) is 31.9 Å². The van der Waals surface area contributed by atoms with Crippen molar-refractivity contribution in [1.82, 2.24) is 5.32 Å². The van der Waals surface area contributed by atoms with E-state index in [1.807, 2.05) is 0 Å². The number of carbonyl (C=O) groups is 1. The van der Waals surface area contributed by atoms with Gasteiger partial charge in [0.25, 0.3) is 0 Å². The number of hydrogen-bond acceptors (Lipinski definition) is 2. The lowest BCUT2D eigenvalue weighted by Crippen LogP contribution is -2.26. The van der Waals surface area contributed by atoms with Crippen molar-refractivity contribution in [2.75, 3.05) is 13.7 Å². The summed E-state index contributed by atoms with van der Waals surface area (Å²) in [5, 5.41) is 2.73. The molecule has 2 fully saturated rings. The van der Waals surface area contributed by atoms with Gasteiger partial charge in [0, 0.05) is 6.54 Å². The molecule has 0 unspecified atom stereocenters. The van der Waals surface area contributed by atoms with Crippen LogP contribution in [0.15, 0.2) is 0 Å². The molecule has 0 spiro atoms. The number of hydrogen-bond donors (Lipinski definition) is 1. The van der Waals surface area contributed by atoms with Crippen LogP contribution in [0, 0.1) is 17.8 Å². The third kappa shape index (κ3) is 2.18. The van der Waals surface area contributed by atoms with Crippen molar-refractivity contribution in [2.24, 2.45) is 17.8 Å². The zero-order valence-corrected chi connectivity index (χ0v) is 11.8. The van der Waals surface area contributed by atoms with E-state index in [2.05, 4.69) is 41.9 Å². The largest absolute Gasteiger partial charge is 0.453 e. The summed E-state index contributed by atoms with van der Waals surface area (Å²) < 4.78 is 4.73. The minimum absolute atomic E-state index is 0.203. The molecule has 3 atom stereocenters. The van der Waals surface area contributed by atoms with Gasteiger partial charge in [-0.05, 0) is 37.0 Å². The van der Waals surface area contributed by atoms with E-state index in [4.69, 9.17) is 0 Å². The number of nitrogens with one attached hydrogen (secondary N) is 1. The van der Waals surface area contributed by atoms with Crippen molar-refractivity contribution in [1.29, 1.82) is 0 Å². The van der Waals surface area contributed by atoms with Crippen molar-refractivity contribution in [3.63, 3.8) is 0 Å². The van der Waals surface area contributed by atoms with Gasteiger partial charge in [-0.15, -0.1) is 0 Å². The fourth-order valence-corrected chi connectivity index (χ4v) is 4.91. The Labute approximate surface area is 107 Å². The van der Waals surface area contributed by atoms with Gasteiger partial charge >= 0.3 is 6.09 Å². The second-order valence-corrected chi connectivity index (χ2v) is 8.04. The van der Waals surface area contributed by atoms with Crippen LogP contribution < -0.4 is 5.32 Å². The summed E-state index contributed by atoms with van der Waals surface area (Å²) in [6, 6.07) is 0. The van der Waals surface area contributed by atoms with Crippen LogP contribution in [0.2, 0.25) is 0 Å². The molecule has 0 aromatic rings. The summed E-state index contributed by atoms with van der Waals surface area (Å²) in [7, 11) is 1.39. The first-order chi connectivity index (χ1) is 7.07. The molecule has 15 heavy (non-hydrogen) atoms. The molecule has 0 heterocycles. The summed E-state index contributed by atoms with van der Waals surface area (Å²) >= 11 is 7.42. The van der Waals surface area contributed by atoms with Gasteiger partial charge in [0.2, 0.25) is 0 Å². The van der Waals surface area contributed by atoms with Crippen LogP contribution in [0.4, 0.5) is 4.79 Å². The van der Waals surface area contributed by atoms with E-state index in [0.29, 0.717) is 0 Å². The van der Waals surface area contributed by atoms with Crippen LogP contribution in [0.3, 0.4) is 0 Å². The van der Waals surface area contributed by atoms with Gasteiger partial charge in [-0.3, -0.25) is 0 Å². The number of halogens is 2. The lowest BCUT2D eigenvalue weighted by molar-refractivity contribution is 0.170. The standard InChI is InChI=1S/C10H15Br2NO2/c1-15-9(14)13-5-4-6-2-3-7-8(6)10(7,11)12/h6-8H,2-5H2,1H3,(H,13,14)/t6-,7+,8-/m0/s1. The van der Waals surface area contributed by atoms with E-state index in [0.717, 1.165) is 30.7 Å². The molecule has 5 heteroatoms. The monoisotopic (exact) mass is 339 g/mol. The second kappa shape index (κ2) is 4.24. The molecule has 2 saturated carbocycles. The average molecular weight is 341 g/mol.